The van der Waals surface area contributed by atoms with Crippen molar-refractivity contribution in [3.63, 3.8) is 0 Å². The molecule has 0 bridgehead atoms. The van der Waals surface area contributed by atoms with E-state index >= 15 is 0 Å². The molecule has 0 fully saturated rings. The van der Waals surface area contributed by atoms with Gasteiger partial charge in [0.25, 0.3) is 0 Å². The summed E-state index contributed by atoms with van der Waals surface area (Å²) in [6, 6.07) is 58.1. The molecule has 1 atom stereocenters. The van der Waals surface area contributed by atoms with Crippen LogP contribution < -0.4 is 5.32 Å². The Balaban J connectivity index is 0.000000832. The zero-order valence-electron chi connectivity index (χ0n) is 33.9. The predicted molar refractivity (Wildman–Crippen MR) is 261 cm³/mol. The second-order valence-corrected chi connectivity index (χ2v) is 14.0. The van der Waals surface area contributed by atoms with E-state index in [1.165, 1.54) is 43.7 Å². The fraction of sp³-hybridized carbons (Fsp3) is 0.0727. The molecule has 2 heterocycles. The van der Waals surface area contributed by atoms with Crippen molar-refractivity contribution in [2.24, 2.45) is 4.99 Å². The van der Waals surface area contributed by atoms with Gasteiger partial charge in [0.05, 0.1) is 17.1 Å². The Hall–Kier alpha value is -6.88. The maximum Gasteiger partial charge on any atom is 0.133 e. The van der Waals surface area contributed by atoms with Crippen LogP contribution in [-0.4, -0.2) is 22.7 Å². The molecular weight excluding hydrogens is 735 g/mol. The van der Waals surface area contributed by atoms with Crippen molar-refractivity contribution in [3.8, 4) is 27.9 Å². The van der Waals surface area contributed by atoms with Crippen LogP contribution in [0.25, 0.3) is 66.1 Å². The van der Waals surface area contributed by atoms with Gasteiger partial charge in [-0.25, -0.2) is 0 Å². The molecule has 0 saturated heterocycles. The molecule has 1 aliphatic rings. The van der Waals surface area contributed by atoms with Gasteiger partial charge >= 0.3 is 0 Å². The molecule has 59 heavy (non-hydrogen) atoms. The number of hydrogen-bond acceptors (Lipinski definition) is 3. The lowest BCUT2D eigenvalue weighted by molar-refractivity contribution is 0.932. The number of amidine groups is 1. The largest absolute Gasteiger partial charge is 0.347 e. The van der Waals surface area contributed by atoms with Gasteiger partial charge in [-0.05, 0) is 100 Å². The first-order valence-electron chi connectivity index (χ1n) is 19.9. The summed E-state index contributed by atoms with van der Waals surface area (Å²) >= 11 is 3.53. The Morgan fingerprint density at radius 2 is 1.14 bits per heavy atom. The lowest BCUT2D eigenvalue weighted by Crippen LogP contribution is -2.26. The highest BCUT2D eigenvalue weighted by Crippen LogP contribution is 2.37. The van der Waals surface area contributed by atoms with Crippen LogP contribution >= 0.6 is 12.6 Å². The predicted octanol–water partition coefficient (Wildman–Crippen LogP) is 14.5. The first kappa shape index (κ1) is 40.3. The molecule has 1 unspecified atom stereocenters. The van der Waals surface area contributed by atoms with E-state index in [2.05, 4.69) is 199 Å². The average Bonchev–Trinajstić information content (AvgIpc) is 3.67. The molecule has 0 spiro atoms. The number of aromatic nitrogens is 1. The van der Waals surface area contributed by atoms with Crippen LogP contribution in [0.1, 0.15) is 25.0 Å². The lowest BCUT2D eigenvalue weighted by atomic mass is 9.93. The third kappa shape index (κ3) is 8.41. The van der Waals surface area contributed by atoms with Gasteiger partial charge in [-0.15, -0.1) is 0 Å². The SMILES string of the molecule is C/C=C\C.C=C/C(=C(\C=C)C1C=CNC(c2ccc(-c3ccc(-n4c5ccccc5c5c6ccccc6ccc54)cc3)cc2)=N1)c1ccc(-c2ccccc2)cc1.CS. The zero-order chi connectivity index (χ0) is 41.1. The van der Waals surface area contributed by atoms with Crippen molar-refractivity contribution in [1.29, 1.82) is 0 Å². The summed E-state index contributed by atoms with van der Waals surface area (Å²) in [4.78, 5) is 5.13. The standard InChI is InChI=1S/C50H37N3.C4H8.CH4S/c1-3-42(39-22-18-35(19-23-39)34-12-6-5-7-13-34)43(4-2)46-32-33-51-50(52-46)40-24-20-36(21-25-40)37-26-29-41(30-27-37)53-47-17-11-10-16-45(47)49-44-15-9-8-14-38(44)28-31-48(49)53;1-3-4-2;1-2/h3-33,46H,1-2H2,(H,51,52);3-4H,1-2H3;2H,1H3/b43-42-;4-3-;. The third-order valence-corrected chi connectivity index (χ3v) is 10.6. The number of para-hydroxylation sites is 1. The number of hydrogen-bond donors (Lipinski definition) is 2. The molecule has 9 rings (SSSR count). The monoisotopic (exact) mass is 783 g/mol. The van der Waals surface area contributed by atoms with E-state index in [0.717, 1.165) is 44.9 Å². The van der Waals surface area contributed by atoms with E-state index in [1.807, 2.05) is 50.4 Å². The van der Waals surface area contributed by atoms with Crippen molar-refractivity contribution in [3.05, 3.63) is 230 Å². The van der Waals surface area contributed by atoms with Gasteiger partial charge in [-0.1, -0.05) is 177 Å². The van der Waals surface area contributed by atoms with Crippen molar-refractivity contribution in [2.45, 2.75) is 19.9 Å². The summed E-state index contributed by atoms with van der Waals surface area (Å²) in [6.07, 6.45) is 13.5. The first-order valence-corrected chi connectivity index (χ1v) is 20.8. The van der Waals surface area contributed by atoms with Crippen LogP contribution in [0.4, 0.5) is 0 Å². The molecule has 0 aliphatic carbocycles. The zero-order valence-corrected chi connectivity index (χ0v) is 34.8. The van der Waals surface area contributed by atoms with Crippen molar-refractivity contribution in [1.82, 2.24) is 9.88 Å². The number of thiol groups is 1. The molecular formula is C55H49N3S. The normalized spacial score (nSPS) is 13.8. The third-order valence-electron chi connectivity index (χ3n) is 10.6. The Bertz CT molecular complexity index is 2830. The van der Waals surface area contributed by atoms with Gasteiger partial charge in [0.15, 0.2) is 0 Å². The second kappa shape index (κ2) is 19.0. The highest BCUT2D eigenvalue weighted by atomic mass is 32.1. The summed E-state index contributed by atoms with van der Waals surface area (Å²) in [6.45, 7) is 12.3. The molecule has 3 nitrogen and oxygen atoms in total. The van der Waals surface area contributed by atoms with E-state index in [0.29, 0.717) is 0 Å². The molecule has 1 N–H and O–H groups in total. The van der Waals surface area contributed by atoms with Crippen molar-refractivity contribution in [2.75, 3.05) is 6.26 Å². The number of fused-ring (bicyclic) bond motifs is 5. The maximum atomic E-state index is 5.13. The molecule has 1 aromatic heterocycles. The smallest absolute Gasteiger partial charge is 0.133 e. The fourth-order valence-corrected chi connectivity index (χ4v) is 7.67. The van der Waals surface area contributed by atoms with Crippen LogP contribution in [0.15, 0.2) is 224 Å². The number of allylic oxidation sites excluding steroid dienone is 4. The minimum atomic E-state index is -0.198. The average molecular weight is 784 g/mol. The van der Waals surface area contributed by atoms with Gasteiger partial charge in [0.2, 0.25) is 0 Å². The molecule has 0 saturated carbocycles. The number of benzene rings is 7. The molecule has 0 radical (unpaired) electrons. The second-order valence-electron chi connectivity index (χ2n) is 14.0. The highest BCUT2D eigenvalue weighted by Gasteiger charge is 2.18. The number of nitrogens with zero attached hydrogens (tertiary/aromatic N) is 2. The molecule has 0 amide bonds. The molecule has 290 valence electrons. The fourth-order valence-electron chi connectivity index (χ4n) is 7.67. The summed E-state index contributed by atoms with van der Waals surface area (Å²) in [5, 5.41) is 8.47. The number of aliphatic imine (C=N–C) groups is 1. The van der Waals surface area contributed by atoms with E-state index in [4.69, 9.17) is 4.99 Å². The lowest BCUT2D eigenvalue weighted by Gasteiger charge is -2.20. The molecule has 4 heteroatoms. The molecule has 8 aromatic rings. The van der Waals surface area contributed by atoms with E-state index in [1.54, 1.807) is 6.26 Å². The number of nitrogens with one attached hydrogen (secondary N) is 1. The Labute approximate surface area is 354 Å². The summed E-state index contributed by atoms with van der Waals surface area (Å²) in [5.41, 5.74) is 12.4. The molecule has 1 aliphatic heterocycles. The first-order chi connectivity index (χ1) is 29.1. The maximum absolute atomic E-state index is 5.13. The highest BCUT2D eigenvalue weighted by molar-refractivity contribution is 7.79. The van der Waals surface area contributed by atoms with E-state index < -0.39 is 0 Å². The van der Waals surface area contributed by atoms with Gasteiger partial charge < -0.3 is 9.88 Å². The van der Waals surface area contributed by atoms with E-state index in [9.17, 15) is 0 Å². The van der Waals surface area contributed by atoms with Crippen LogP contribution in [0.3, 0.4) is 0 Å². The topological polar surface area (TPSA) is 29.3 Å². The quantitative estimate of drug-likeness (QED) is 0.0897. The minimum Gasteiger partial charge on any atom is -0.347 e. The molecule has 7 aromatic carbocycles. The summed E-state index contributed by atoms with van der Waals surface area (Å²) < 4.78 is 2.38. The summed E-state index contributed by atoms with van der Waals surface area (Å²) in [5.74, 6) is 0.820. The Kier molecular flexibility index (Phi) is 13.0. The Morgan fingerprint density at radius 3 is 1.78 bits per heavy atom. The number of rotatable bonds is 8. The van der Waals surface area contributed by atoms with Crippen LogP contribution in [0.5, 0.6) is 0 Å². The van der Waals surface area contributed by atoms with Crippen molar-refractivity contribution < 1.29 is 0 Å². The van der Waals surface area contributed by atoms with Crippen LogP contribution in [0, 0.1) is 0 Å². The van der Waals surface area contributed by atoms with Gasteiger partial charge in [-0.3, -0.25) is 4.99 Å². The van der Waals surface area contributed by atoms with Crippen LogP contribution in [0.2, 0.25) is 0 Å². The van der Waals surface area contributed by atoms with Crippen molar-refractivity contribution >= 4 is 56.6 Å². The van der Waals surface area contributed by atoms with Crippen LogP contribution in [-0.2, 0) is 0 Å². The minimum absolute atomic E-state index is 0.198. The Morgan fingerprint density at radius 1 is 0.576 bits per heavy atom. The van der Waals surface area contributed by atoms with Gasteiger partial charge in [0.1, 0.15) is 5.84 Å². The summed E-state index contributed by atoms with van der Waals surface area (Å²) in [7, 11) is 0. The van der Waals surface area contributed by atoms with Gasteiger partial charge in [0, 0.05) is 28.2 Å². The van der Waals surface area contributed by atoms with Gasteiger partial charge in [-0.2, -0.15) is 12.6 Å². The van der Waals surface area contributed by atoms with E-state index in [-0.39, 0.29) is 6.04 Å².